The van der Waals surface area contributed by atoms with Crippen molar-refractivity contribution in [2.75, 3.05) is 27.7 Å². The molecule has 3 nitrogen and oxygen atoms in total. The first-order valence-electron chi connectivity index (χ1n) is 4.53. The molecule has 0 aromatic heterocycles. The number of hydrogen-bond donors (Lipinski definition) is 1. The van der Waals surface area contributed by atoms with Crippen LogP contribution in [0.1, 0.15) is 26.7 Å². The predicted octanol–water partition coefficient (Wildman–Crippen LogP) is 1.10. The van der Waals surface area contributed by atoms with Gasteiger partial charge in [-0.1, -0.05) is 13.8 Å². The Morgan fingerprint density at radius 1 is 1.33 bits per heavy atom. The van der Waals surface area contributed by atoms with Crippen LogP contribution in [0.4, 0.5) is 0 Å². The van der Waals surface area contributed by atoms with E-state index < -0.39 is 0 Å². The highest BCUT2D eigenvalue weighted by atomic mass is 16.2. The normalized spacial score (nSPS) is 8.42. The number of nitrogens with zero attached hydrogens (tertiary/aromatic N) is 1. The quantitative estimate of drug-likeness (QED) is 0.647. The summed E-state index contributed by atoms with van der Waals surface area (Å²) in [6, 6.07) is 0. The van der Waals surface area contributed by atoms with Crippen molar-refractivity contribution in [3.63, 3.8) is 0 Å². The number of rotatable bonds is 4. The standard InChI is InChI=1S/C7H16N2O.C2H6/c1-8-6-4-5-7(10)9(2)3;1-2/h8H,4-6H2,1-3H3;1-2H3. The van der Waals surface area contributed by atoms with E-state index in [2.05, 4.69) is 5.32 Å². The summed E-state index contributed by atoms with van der Waals surface area (Å²) >= 11 is 0. The van der Waals surface area contributed by atoms with E-state index in [1.165, 1.54) is 0 Å². The van der Waals surface area contributed by atoms with Gasteiger partial charge in [-0.05, 0) is 20.0 Å². The molecule has 0 aliphatic heterocycles. The number of hydrogen-bond acceptors (Lipinski definition) is 2. The Morgan fingerprint density at radius 2 is 1.83 bits per heavy atom. The molecular formula is C9H22N2O. The summed E-state index contributed by atoms with van der Waals surface area (Å²) in [5.74, 6) is 0.204. The molecule has 0 aliphatic rings. The van der Waals surface area contributed by atoms with Crippen molar-refractivity contribution in [3.8, 4) is 0 Å². The van der Waals surface area contributed by atoms with Crippen LogP contribution in [0.5, 0.6) is 0 Å². The Labute approximate surface area is 76.1 Å². The first kappa shape index (κ1) is 14.0. The maximum Gasteiger partial charge on any atom is 0.222 e. The Bertz CT molecular complexity index is 103. The molecular weight excluding hydrogens is 152 g/mol. The van der Waals surface area contributed by atoms with Crippen molar-refractivity contribution in [1.29, 1.82) is 0 Å². The highest BCUT2D eigenvalue weighted by Gasteiger charge is 2.00. The maximum absolute atomic E-state index is 10.9. The molecule has 1 N–H and O–H groups in total. The summed E-state index contributed by atoms with van der Waals surface area (Å²) in [5.41, 5.74) is 0. The van der Waals surface area contributed by atoms with Gasteiger partial charge < -0.3 is 10.2 Å². The van der Waals surface area contributed by atoms with Crippen LogP contribution in [0.25, 0.3) is 0 Å². The molecule has 0 saturated heterocycles. The molecule has 0 atom stereocenters. The average Bonchev–Trinajstić information content (AvgIpc) is 2.08. The zero-order valence-electron chi connectivity index (χ0n) is 8.98. The first-order chi connectivity index (χ1) is 5.68. The van der Waals surface area contributed by atoms with E-state index in [0.717, 1.165) is 13.0 Å². The van der Waals surface area contributed by atoms with Gasteiger partial charge in [0.2, 0.25) is 5.91 Å². The molecule has 0 aromatic rings. The van der Waals surface area contributed by atoms with Crippen molar-refractivity contribution < 1.29 is 4.79 Å². The summed E-state index contributed by atoms with van der Waals surface area (Å²) in [6.45, 7) is 4.92. The van der Waals surface area contributed by atoms with Gasteiger partial charge in [-0.15, -0.1) is 0 Å². The zero-order valence-corrected chi connectivity index (χ0v) is 8.98. The van der Waals surface area contributed by atoms with E-state index in [4.69, 9.17) is 0 Å². The smallest absolute Gasteiger partial charge is 0.222 e. The second-order valence-corrected chi connectivity index (χ2v) is 2.50. The van der Waals surface area contributed by atoms with Crippen molar-refractivity contribution in [3.05, 3.63) is 0 Å². The average molecular weight is 174 g/mol. The highest BCUT2D eigenvalue weighted by Crippen LogP contribution is 1.90. The van der Waals surface area contributed by atoms with E-state index >= 15 is 0 Å². The Hall–Kier alpha value is -0.570. The van der Waals surface area contributed by atoms with Crippen molar-refractivity contribution in [2.24, 2.45) is 0 Å². The lowest BCUT2D eigenvalue weighted by Crippen LogP contribution is -2.22. The van der Waals surface area contributed by atoms with Gasteiger partial charge >= 0.3 is 0 Å². The predicted molar refractivity (Wildman–Crippen MR) is 53.2 cm³/mol. The molecule has 0 unspecified atom stereocenters. The third-order valence-corrected chi connectivity index (χ3v) is 1.32. The van der Waals surface area contributed by atoms with Crippen molar-refractivity contribution in [2.45, 2.75) is 26.7 Å². The molecule has 0 aromatic carbocycles. The molecule has 1 amide bonds. The fourth-order valence-corrected chi connectivity index (χ4v) is 0.640. The molecule has 0 fully saturated rings. The number of amides is 1. The van der Waals surface area contributed by atoms with Crippen molar-refractivity contribution in [1.82, 2.24) is 10.2 Å². The van der Waals surface area contributed by atoms with Crippen LogP contribution >= 0.6 is 0 Å². The second kappa shape index (κ2) is 10.4. The Morgan fingerprint density at radius 3 is 2.17 bits per heavy atom. The maximum atomic E-state index is 10.9. The molecule has 74 valence electrons. The molecule has 0 bridgehead atoms. The third kappa shape index (κ3) is 9.43. The van der Waals surface area contributed by atoms with Crippen LogP contribution < -0.4 is 5.32 Å². The van der Waals surface area contributed by atoms with E-state index in [0.29, 0.717) is 6.42 Å². The van der Waals surface area contributed by atoms with Gasteiger partial charge in [-0.3, -0.25) is 4.79 Å². The van der Waals surface area contributed by atoms with Gasteiger partial charge in [0.15, 0.2) is 0 Å². The number of nitrogens with one attached hydrogen (secondary N) is 1. The zero-order chi connectivity index (χ0) is 9.98. The van der Waals surface area contributed by atoms with E-state index in [-0.39, 0.29) is 5.91 Å². The molecule has 0 heterocycles. The second-order valence-electron chi connectivity index (χ2n) is 2.50. The van der Waals surface area contributed by atoms with Gasteiger partial charge in [-0.2, -0.15) is 0 Å². The van der Waals surface area contributed by atoms with Gasteiger partial charge in [0.25, 0.3) is 0 Å². The van der Waals surface area contributed by atoms with E-state index in [9.17, 15) is 4.79 Å². The van der Waals surface area contributed by atoms with Crippen LogP contribution in [0.15, 0.2) is 0 Å². The largest absolute Gasteiger partial charge is 0.349 e. The molecule has 3 heteroatoms. The highest BCUT2D eigenvalue weighted by molar-refractivity contribution is 5.75. The molecule has 0 rings (SSSR count). The summed E-state index contributed by atoms with van der Waals surface area (Å²) < 4.78 is 0. The summed E-state index contributed by atoms with van der Waals surface area (Å²) in [6.07, 6.45) is 1.57. The number of carbonyl (C=O) groups is 1. The van der Waals surface area contributed by atoms with Crippen LogP contribution in [-0.2, 0) is 4.79 Å². The van der Waals surface area contributed by atoms with Crippen LogP contribution in [0, 0.1) is 0 Å². The van der Waals surface area contributed by atoms with E-state index in [1.807, 2.05) is 20.9 Å². The summed E-state index contributed by atoms with van der Waals surface area (Å²) in [4.78, 5) is 12.5. The molecule has 0 aliphatic carbocycles. The fourth-order valence-electron chi connectivity index (χ4n) is 0.640. The minimum Gasteiger partial charge on any atom is -0.349 e. The molecule has 0 saturated carbocycles. The van der Waals surface area contributed by atoms with Gasteiger partial charge in [0.1, 0.15) is 0 Å². The number of carbonyl (C=O) groups excluding carboxylic acids is 1. The van der Waals surface area contributed by atoms with Crippen molar-refractivity contribution >= 4 is 5.91 Å². The van der Waals surface area contributed by atoms with Gasteiger partial charge in [0, 0.05) is 20.5 Å². The fraction of sp³-hybridized carbons (Fsp3) is 0.889. The van der Waals surface area contributed by atoms with Crippen LogP contribution in [0.3, 0.4) is 0 Å². The summed E-state index contributed by atoms with van der Waals surface area (Å²) in [7, 11) is 5.45. The SMILES string of the molecule is CC.CNCCCC(=O)N(C)C. The lowest BCUT2D eigenvalue weighted by atomic mass is 10.3. The minimum absolute atomic E-state index is 0.204. The van der Waals surface area contributed by atoms with Gasteiger partial charge in [-0.25, -0.2) is 0 Å². The third-order valence-electron chi connectivity index (χ3n) is 1.32. The Balaban J connectivity index is 0. The first-order valence-corrected chi connectivity index (χ1v) is 4.53. The van der Waals surface area contributed by atoms with E-state index in [1.54, 1.807) is 19.0 Å². The molecule has 0 radical (unpaired) electrons. The summed E-state index contributed by atoms with van der Waals surface area (Å²) in [5, 5.41) is 2.99. The van der Waals surface area contributed by atoms with Crippen LogP contribution in [0.2, 0.25) is 0 Å². The van der Waals surface area contributed by atoms with Gasteiger partial charge in [0.05, 0.1) is 0 Å². The lowest BCUT2D eigenvalue weighted by molar-refractivity contribution is -0.128. The topological polar surface area (TPSA) is 32.3 Å². The lowest BCUT2D eigenvalue weighted by Gasteiger charge is -2.08. The Kier molecular flexibility index (Phi) is 12.2. The minimum atomic E-state index is 0.204. The van der Waals surface area contributed by atoms with Crippen LogP contribution in [-0.4, -0.2) is 38.5 Å². The molecule has 0 spiro atoms. The monoisotopic (exact) mass is 174 g/mol. The molecule has 12 heavy (non-hydrogen) atoms.